The van der Waals surface area contributed by atoms with Crippen LogP contribution in [0.15, 0.2) is 18.3 Å². The standard InChI is InChI=1S/C14H16F3N3OS/c1-4-20-12(14(15,16)17)11(7-18-20)13(21)19(3)8-10-6-5-9(2)22-10/h5-7H,4,8H2,1-3H3. The van der Waals surface area contributed by atoms with Crippen molar-refractivity contribution >= 4 is 17.2 Å². The minimum Gasteiger partial charge on any atom is -0.336 e. The number of hydrogen-bond acceptors (Lipinski definition) is 3. The molecule has 1 amide bonds. The number of halogens is 3. The highest BCUT2D eigenvalue weighted by Crippen LogP contribution is 2.32. The summed E-state index contributed by atoms with van der Waals surface area (Å²) in [4.78, 5) is 15.6. The molecule has 0 aromatic carbocycles. The topological polar surface area (TPSA) is 38.1 Å². The van der Waals surface area contributed by atoms with Crippen molar-refractivity contribution in [1.29, 1.82) is 0 Å². The van der Waals surface area contributed by atoms with E-state index in [1.54, 1.807) is 6.92 Å². The number of alkyl halides is 3. The van der Waals surface area contributed by atoms with Crippen molar-refractivity contribution in [2.75, 3.05) is 7.05 Å². The van der Waals surface area contributed by atoms with Gasteiger partial charge in [0.1, 0.15) is 0 Å². The molecule has 22 heavy (non-hydrogen) atoms. The Morgan fingerprint density at radius 3 is 2.59 bits per heavy atom. The third kappa shape index (κ3) is 3.32. The number of amides is 1. The first-order valence-electron chi connectivity index (χ1n) is 6.67. The van der Waals surface area contributed by atoms with E-state index in [-0.39, 0.29) is 13.1 Å². The highest BCUT2D eigenvalue weighted by molar-refractivity contribution is 7.11. The molecule has 0 radical (unpaired) electrons. The first kappa shape index (κ1) is 16.5. The minimum atomic E-state index is -4.61. The van der Waals surface area contributed by atoms with Crippen LogP contribution >= 0.6 is 11.3 Å². The maximum atomic E-state index is 13.2. The molecular weight excluding hydrogens is 315 g/mol. The molecule has 0 unspecified atom stereocenters. The summed E-state index contributed by atoms with van der Waals surface area (Å²) in [5.41, 5.74) is -1.40. The molecule has 4 nitrogen and oxygen atoms in total. The number of thiophene rings is 1. The van der Waals surface area contributed by atoms with Gasteiger partial charge in [-0.05, 0) is 26.0 Å². The van der Waals surface area contributed by atoms with E-state index >= 15 is 0 Å². The van der Waals surface area contributed by atoms with Gasteiger partial charge in [0.15, 0.2) is 5.69 Å². The molecule has 0 bridgehead atoms. The van der Waals surface area contributed by atoms with Crippen molar-refractivity contribution < 1.29 is 18.0 Å². The van der Waals surface area contributed by atoms with E-state index in [4.69, 9.17) is 0 Å². The molecule has 2 aromatic heterocycles. The summed E-state index contributed by atoms with van der Waals surface area (Å²) in [6, 6.07) is 3.78. The van der Waals surface area contributed by atoms with Crippen molar-refractivity contribution in [2.24, 2.45) is 0 Å². The predicted molar refractivity (Wildman–Crippen MR) is 77.8 cm³/mol. The number of carbonyl (C=O) groups is 1. The van der Waals surface area contributed by atoms with Gasteiger partial charge < -0.3 is 4.90 Å². The number of aryl methyl sites for hydroxylation is 2. The van der Waals surface area contributed by atoms with Gasteiger partial charge in [-0.15, -0.1) is 11.3 Å². The van der Waals surface area contributed by atoms with Crippen LogP contribution in [0.4, 0.5) is 13.2 Å². The van der Waals surface area contributed by atoms with Gasteiger partial charge in [0.2, 0.25) is 0 Å². The summed E-state index contributed by atoms with van der Waals surface area (Å²) >= 11 is 1.51. The molecule has 2 aromatic rings. The number of rotatable bonds is 4. The van der Waals surface area contributed by atoms with Crippen LogP contribution in [-0.4, -0.2) is 27.6 Å². The SMILES string of the molecule is CCn1ncc(C(=O)N(C)Cc2ccc(C)s2)c1C(F)(F)F. The van der Waals surface area contributed by atoms with E-state index in [9.17, 15) is 18.0 Å². The van der Waals surface area contributed by atoms with Crippen LogP contribution in [-0.2, 0) is 19.3 Å². The van der Waals surface area contributed by atoms with Crippen LogP contribution in [0.25, 0.3) is 0 Å². The largest absolute Gasteiger partial charge is 0.433 e. The van der Waals surface area contributed by atoms with Crippen LogP contribution in [0.1, 0.15) is 32.7 Å². The average molecular weight is 331 g/mol. The maximum absolute atomic E-state index is 13.2. The van der Waals surface area contributed by atoms with Gasteiger partial charge in [-0.3, -0.25) is 9.48 Å². The molecule has 0 N–H and O–H groups in total. The molecule has 0 spiro atoms. The van der Waals surface area contributed by atoms with Gasteiger partial charge in [0.25, 0.3) is 5.91 Å². The van der Waals surface area contributed by atoms with Crippen LogP contribution in [0.3, 0.4) is 0 Å². The Morgan fingerprint density at radius 1 is 1.41 bits per heavy atom. The Balaban J connectivity index is 2.27. The molecule has 8 heteroatoms. The molecule has 2 rings (SSSR count). The van der Waals surface area contributed by atoms with Crippen molar-refractivity contribution in [3.63, 3.8) is 0 Å². The summed E-state index contributed by atoms with van der Waals surface area (Å²) < 4.78 is 40.3. The van der Waals surface area contributed by atoms with Gasteiger partial charge in [0, 0.05) is 23.3 Å². The molecule has 0 atom stereocenters. The summed E-state index contributed by atoms with van der Waals surface area (Å²) in [7, 11) is 1.49. The zero-order chi connectivity index (χ0) is 16.5. The third-order valence-corrected chi connectivity index (χ3v) is 4.16. The number of carbonyl (C=O) groups excluding carboxylic acids is 1. The molecule has 120 valence electrons. The van der Waals surface area contributed by atoms with E-state index in [2.05, 4.69) is 5.10 Å². The van der Waals surface area contributed by atoms with Gasteiger partial charge in [0.05, 0.1) is 18.3 Å². The molecule has 0 fully saturated rings. The highest BCUT2D eigenvalue weighted by Gasteiger charge is 2.40. The molecule has 2 heterocycles. The zero-order valence-corrected chi connectivity index (χ0v) is 13.3. The van der Waals surface area contributed by atoms with Crippen molar-refractivity contribution in [3.8, 4) is 0 Å². The van der Waals surface area contributed by atoms with Crippen LogP contribution in [0.2, 0.25) is 0 Å². The second-order valence-corrected chi connectivity index (χ2v) is 6.27. The van der Waals surface area contributed by atoms with E-state index in [0.29, 0.717) is 0 Å². The predicted octanol–water partition coefficient (Wildman–Crippen LogP) is 3.56. The quantitative estimate of drug-likeness (QED) is 0.859. The highest BCUT2D eigenvalue weighted by atomic mass is 32.1. The summed E-state index contributed by atoms with van der Waals surface area (Å²) in [6.07, 6.45) is -3.62. The molecule has 0 saturated heterocycles. The fourth-order valence-corrected chi connectivity index (χ4v) is 3.11. The van der Waals surface area contributed by atoms with E-state index in [1.807, 2.05) is 19.1 Å². The molecule has 0 saturated carbocycles. The smallest absolute Gasteiger partial charge is 0.336 e. The lowest BCUT2D eigenvalue weighted by Crippen LogP contribution is -2.28. The second-order valence-electron chi connectivity index (χ2n) is 4.89. The molecular formula is C14H16F3N3OS. The fourth-order valence-electron chi connectivity index (χ4n) is 2.16. The number of nitrogens with zero attached hydrogens (tertiary/aromatic N) is 3. The Kier molecular flexibility index (Phi) is 4.60. The lowest BCUT2D eigenvalue weighted by atomic mass is 10.2. The molecule has 0 aliphatic heterocycles. The second kappa shape index (κ2) is 6.12. The van der Waals surface area contributed by atoms with Gasteiger partial charge in [-0.1, -0.05) is 0 Å². The minimum absolute atomic E-state index is 0.0515. The maximum Gasteiger partial charge on any atom is 0.433 e. The van der Waals surface area contributed by atoms with Crippen LogP contribution in [0.5, 0.6) is 0 Å². The first-order valence-corrected chi connectivity index (χ1v) is 7.49. The van der Waals surface area contributed by atoms with Crippen molar-refractivity contribution in [2.45, 2.75) is 33.1 Å². The van der Waals surface area contributed by atoms with Gasteiger partial charge >= 0.3 is 6.18 Å². The van der Waals surface area contributed by atoms with E-state index < -0.39 is 23.3 Å². The monoisotopic (exact) mass is 331 g/mol. The average Bonchev–Trinajstić information content (AvgIpc) is 3.03. The van der Waals surface area contributed by atoms with E-state index in [1.165, 1.54) is 23.3 Å². The van der Waals surface area contributed by atoms with Crippen LogP contribution in [0, 0.1) is 6.92 Å². The lowest BCUT2D eigenvalue weighted by Gasteiger charge is -2.17. The van der Waals surface area contributed by atoms with E-state index in [0.717, 1.165) is 20.6 Å². The Hall–Kier alpha value is -1.83. The summed E-state index contributed by atoms with van der Waals surface area (Å²) in [5.74, 6) is -0.682. The first-order chi connectivity index (χ1) is 10.2. The summed E-state index contributed by atoms with van der Waals surface area (Å²) in [5, 5.41) is 3.67. The number of aromatic nitrogens is 2. The number of hydrogen-bond donors (Lipinski definition) is 0. The Morgan fingerprint density at radius 2 is 2.09 bits per heavy atom. The van der Waals surface area contributed by atoms with Crippen molar-refractivity contribution in [1.82, 2.24) is 14.7 Å². The van der Waals surface area contributed by atoms with Crippen LogP contribution < -0.4 is 0 Å². The zero-order valence-electron chi connectivity index (χ0n) is 12.4. The van der Waals surface area contributed by atoms with Gasteiger partial charge in [-0.2, -0.15) is 18.3 Å². The van der Waals surface area contributed by atoms with Gasteiger partial charge in [-0.25, -0.2) is 0 Å². The molecule has 0 aliphatic rings. The Bertz CT molecular complexity index is 675. The molecule has 0 aliphatic carbocycles. The van der Waals surface area contributed by atoms with Crippen molar-refractivity contribution in [3.05, 3.63) is 39.3 Å². The Labute approximate surface area is 130 Å². The third-order valence-electron chi connectivity index (χ3n) is 3.17. The lowest BCUT2D eigenvalue weighted by molar-refractivity contribution is -0.144. The normalized spacial score (nSPS) is 11.7. The fraction of sp³-hybridized carbons (Fsp3) is 0.429. The summed E-state index contributed by atoms with van der Waals surface area (Å²) in [6.45, 7) is 3.81.